The molecule has 0 unspecified atom stereocenters. The molecule has 30 heavy (non-hydrogen) atoms. The Bertz CT molecular complexity index is 1080. The Morgan fingerprint density at radius 1 is 1.13 bits per heavy atom. The van der Waals surface area contributed by atoms with Gasteiger partial charge < -0.3 is 10.2 Å². The summed E-state index contributed by atoms with van der Waals surface area (Å²) >= 11 is 0. The first-order chi connectivity index (χ1) is 14.5. The van der Waals surface area contributed by atoms with Crippen molar-refractivity contribution in [3.8, 4) is 0 Å². The quantitative estimate of drug-likeness (QED) is 0.651. The van der Waals surface area contributed by atoms with Crippen molar-refractivity contribution in [1.82, 2.24) is 15.3 Å². The first kappa shape index (κ1) is 19.9. The van der Waals surface area contributed by atoms with E-state index in [1.165, 1.54) is 5.56 Å². The van der Waals surface area contributed by atoms with E-state index in [2.05, 4.69) is 38.9 Å². The summed E-state index contributed by atoms with van der Waals surface area (Å²) in [5, 5.41) is 3.52. The van der Waals surface area contributed by atoms with Crippen molar-refractivity contribution < 1.29 is 9.18 Å². The van der Waals surface area contributed by atoms with Gasteiger partial charge in [-0.1, -0.05) is 36.9 Å². The molecule has 2 aromatic heterocycles. The van der Waals surface area contributed by atoms with Crippen LogP contribution in [0.3, 0.4) is 0 Å². The molecular weight excluding hydrogens is 379 g/mol. The lowest BCUT2D eigenvalue weighted by Crippen LogP contribution is -2.46. The molecule has 0 spiro atoms. The molecular formula is C24H23FN4O. The number of hydrogen-bond donors (Lipinski definition) is 1. The van der Waals surface area contributed by atoms with Gasteiger partial charge in [-0.2, -0.15) is 0 Å². The molecule has 0 aliphatic carbocycles. The number of hydrogen-bond acceptors (Lipinski definition) is 5. The van der Waals surface area contributed by atoms with Gasteiger partial charge in [0.2, 0.25) is 5.78 Å². The smallest absolute Gasteiger partial charge is 0.213 e. The summed E-state index contributed by atoms with van der Waals surface area (Å²) in [5.74, 6) is -0.389. The number of carbonyl (C=O) groups excluding carboxylic acids is 1. The van der Waals surface area contributed by atoms with E-state index in [1.54, 1.807) is 37.4 Å². The number of ketones is 1. The second kappa shape index (κ2) is 8.55. The number of anilines is 1. The highest BCUT2D eigenvalue weighted by Crippen LogP contribution is 2.26. The number of rotatable bonds is 5. The molecule has 1 fully saturated rings. The van der Waals surface area contributed by atoms with E-state index in [1.807, 2.05) is 18.2 Å². The number of aromatic nitrogens is 2. The number of carbonyl (C=O) groups is 1. The maximum atomic E-state index is 14.1. The van der Waals surface area contributed by atoms with E-state index in [0.717, 1.165) is 13.1 Å². The van der Waals surface area contributed by atoms with Gasteiger partial charge >= 0.3 is 0 Å². The Kier molecular flexibility index (Phi) is 5.68. The fraction of sp³-hybridized carbons (Fsp3) is 0.208. The Hall–Kier alpha value is -3.38. The standard InChI is InChI=1S/C24H23FN4O/c1-16(25)19-10-11-22(28-23(19)24(30)20-9-6-12-26-17(20)2)29-14-13-27-21(15-29)18-7-4-3-5-8-18/h3-12,21,27H,1,13-15H2,2H3/t21-/m1/s1. The third kappa shape index (κ3) is 4.00. The lowest BCUT2D eigenvalue weighted by molar-refractivity contribution is 0.103. The summed E-state index contributed by atoms with van der Waals surface area (Å²) < 4.78 is 14.1. The molecule has 152 valence electrons. The number of piperazine rings is 1. The van der Waals surface area contributed by atoms with Crippen molar-refractivity contribution in [3.63, 3.8) is 0 Å². The lowest BCUT2D eigenvalue weighted by atomic mass is 10.0. The van der Waals surface area contributed by atoms with Crippen LogP contribution in [0.25, 0.3) is 5.83 Å². The molecule has 1 atom stereocenters. The zero-order valence-electron chi connectivity index (χ0n) is 16.8. The van der Waals surface area contributed by atoms with Crippen LogP contribution in [0, 0.1) is 6.92 Å². The largest absolute Gasteiger partial charge is 0.353 e. The van der Waals surface area contributed by atoms with Gasteiger partial charge in [0.05, 0.1) is 0 Å². The van der Waals surface area contributed by atoms with Gasteiger partial charge in [-0.05, 0) is 36.8 Å². The summed E-state index contributed by atoms with van der Waals surface area (Å²) in [7, 11) is 0. The zero-order chi connectivity index (χ0) is 21.1. The van der Waals surface area contributed by atoms with Crippen molar-refractivity contribution in [2.45, 2.75) is 13.0 Å². The summed E-state index contributed by atoms with van der Waals surface area (Å²) in [5.41, 5.74) is 2.36. The average Bonchev–Trinajstić information content (AvgIpc) is 2.79. The van der Waals surface area contributed by atoms with Crippen LogP contribution in [0.1, 0.15) is 38.9 Å². The van der Waals surface area contributed by atoms with Crippen LogP contribution in [-0.2, 0) is 0 Å². The van der Waals surface area contributed by atoms with E-state index in [0.29, 0.717) is 23.6 Å². The molecule has 0 radical (unpaired) electrons. The number of pyridine rings is 2. The van der Waals surface area contributed by atoms with Gasteiger partial charge in [0, 0.05) is 48.7 Å². The first-order valence-corrected chi connectivity index (χ1v) is 9.90. The normalized spacial score (nSPS) is 16.3. The Labute approximate surface area is 175 Å². The van der Waals surface area contributed by atoms with Crippen LogP contribution in [0.5, 0.6) is 0 Å². The first-order valence-electron chi connectivity index (χ1n) is 9.90. The lowest BCUT2D eigenvalue weighted by Gasteiger charge is -2.35. The zero-order valence-corrected chi connectivity index (χ0v) is 16.8. The highest BCUT2D eigenvalue weighted by Gasteiger charge is 2.25. The minimum absolute atomic E-state index is 0.0610. The van der Waals surface area contributed by atoms with Crippen LogP contribution < -0.4 is 10.2 Å². The van der Waals surface area contributed by atoms with Gasteiger partial charge in [0.15, 0.2) is 0 Å². The summed E-state index contributed by atoms with van der Waals surface area (Å²) in [6.07, 6.45) is 1.62. The van der Waals surface area contributed by atoms with E-state index >= 15 is 0 Å². The molecule has 0 saturated carbocycles. The van der Waals surface area contributed by atoms with Crippen molar-refractivity contribution in [2.75, 3.05) is 24.5 Å². The number of halogens is 1. The molecule has 0 amide bonds. The van der Waals surface area contributed by atoms with Crippen LogP contribution in [0.15, 0.2) is 67.4 Å². The topological polar surface area (TPSA) is 58.1 Å². The van der Waals surface area contributed by atoms with Crippen LogP contribution in [0.4, 0.5) is 10.2 Å². The number of aryl methyl sites for hydroxylation is 1. The molecule has 1 aliphatic rings. The molecule has 1 N–H and O–H groups in total. The summed E-state index contributed by atoms with van der Waals surface area (Å²) in [6, 6.07) is 17.1. The molecule has 1 aliphatic heterocycles. The van der Waals surface area contributed by atoms with Crippen LogP contribution in [-0.4, -0.2) is 35.4 Å². The number of benzene rings is 1. The SMILES string of the molecule is C=C(F)c1ccc(N2CCN[C@@H](c3ccccc3)C2)nc1C(=O)c1cccnc1C. The maximum Gasteiger partial charge on any atom is 0.213 e. The minimum atomic E-state index is -0.679. The van der Waals surface area contributed by atoms with Gasteiger partial charge in [0.25, 0.3) is 0 Å². The molecule has 1 saturated heterocycles. The minimum Gasteiger partial charge on any atom is -0.353 e. The van der Waals surface area contributed by atoms with Gasteiger partial charge in [-0.15, -0.1) is 0 Å². The van der Waals surface area contributed by atoms with Gasteiger partial charge in [-0.3, -0.25) is 9.78 Å². The summed E-state index contributed by atoms with van der Waals surface area (Å²) in [4.78, 5) is 24.0. The molecule has 3 heterocycles. The molecule has 1 aromatic carbocycles. The second-order valence-electron chi connectivity index (χ2n) is 7.30. The highest BCUT2D eigenvalue weighted by molar-refractivity contribution is 6.10. The van der Waals surface area contributed by atoms with E-state index in [9.17, 15) is 9.18 Å². The Morgan fingerprint density at radius 2 is 1.93 bits per heavy atom. The van der Waals surface area contributed by atoms with Crippen molar-refractivity contribution in [2.24, 2.45) is 0 Å². The molecule has 4 rings (SSSR count). The highest BCUT2D eigenvalue weighted by atomic mass is 19.1. The van der Waals surface area contributed by atoms with E-state index < -0.39 is 5.83 Å². The summed E-state index contributed by atoms with van der Waals surface area (Å²) in [6.45, 7) is 7.36. The third-order valence-corrected chi connectivity index (χ3v) is 5.34. The fourth-order valence-corrected chi connectivity index (χ4v) is 3.74. The monoisotopic (exact) mass is 402 g/mol. The second-order valence-corrected chi connectivity index (χ2v) is 7.30. The predicted octanol–water partition coefficient (Wildman–Crippen LogP) is 4.11. The molecule has 3 aromatic rings. The van der Waals surface area contributed by atoms with Gasteiger partial charge in [-0.25, -0.2) is 9.37 Å². The Morgan fingerprint density at radius 3 is 2.67 bits per heavy atom. The van der Waals surface area contributed by atoms with Crippen LogP contribution >= 0.6 is 0 Å². The fourth-order valence-electron chi connectivity index (χ4n) is 3.74. The molecule has 0 bridgehead atoms. The average molecular weight is 402 g/mol. The number of nitrogens with zero attached hydrogens (tertiary/aromatic N) is 3. The third-order valence-electron chi connectivity index (χ3n) is 5.34. The van der Waals surface area contributed by atoms with Gasteiger partial charge in [0.1, 0.15) is 17.3 Å². The molecule has 5 nitrogen and oxygen atoms in total. The maximum absolute atomic E-state index is 14.1. The van der Waals surface area contributed by atoms with Crippen molar-refractivity contribution in [3.05, 3.63) is 95.5 Å². The Balaban J connectivity index is 1.68. The van der Waals surface area contributed by atoms with Crippen LogP contribution in [0.2, 0.25) is 0 Å². The van der Waals surface area contributed by atoms with Crippen molar-refractivity contribution >= 4 is 17.4 Å². The van der Waals surface area contributed by atoms with Crippen molar-refractivity contribution in [1.29, 1.82) is 0 Å². The van der Waals surface area contributed by atoms with E-state index in [4.69, 9.17) is 0 Å². The predicted molar refractivity (Wildman–Crippen MR) is 116 cm³/mol. The molecule has 6 heteroatoms. The van der Waals surface area contributed by atoms with E-state index in [-0.39, 0.29) is 23.1 Å². The number of nitrogens with one attached hydrogen (secondary N) is 1.